The van der Waals surface area contributed by atoms with Crippen molar-refractivity contribution >= 4 is 0 Å². The molecule has 1 atom stereocenters. The number of pyridine rings is 1. The van der Waals surface area contributed by atoms with Crippen LogP contribution in [0.25, 0.3) is 0 Å². The molecule has 1 aromatic carbocycles. The molecular weight excluding hydrogens is 377 g/mol. The number of aromatic nitrogens is 3. The molecule has 4 nitrogen and oxygen atoms in total. The van der Waals surface area contributed by atoms with E-state index < -0.39 is 11.7 Å². The summed E-state index contributed by atoms with van der Waals surface area (Å²) >= 11 is 0. The molecule has 0 spiro atoms. The molecule has 4 rings (SSSR count). The molecule has 0 N–H and O–H groups in total. The molecule has 3 heterocycles. The third-order valence-corrected chi connectivity index (χ3v) is 5.36. The van der Waals surface area contributed by atoms with Crippen molar-refractivity contribution in [3.8, 4) is 0 Å². The lowest BCUT2D eigenvalue weighted by atomic mass is 10.0. The molecular formula is C22H23F3N4. The standard InChI is InChI=1S/C22H23F3N4/c1-28-14-18(13-27-28)15-29-9-3-6-21(29)20-8-7-17(12-26-20)10-16-4-2-5-19(11-16)22(23,24)25/h2,4-5,7-8,11-14,21H,3,6,9-10,15H2,1H3. The topological polar surface area (TPSA) is 34.0 Å². The van der Waals surface area contributed by atoms with E-state index in [0.29, 0.717) is 12.0 Å². The number of nitrogens with zero attached hydrogens (tertiary/aromatic N) is 4. The van der Waals surface area contributed by atoms with E-state index in [1.165, 1.54) is 17.7 Å². The normalized spacial score (nSPS) is 17.7. The molecule has 0 amide bonds. The Kier molecular flexibility index (Phi) is 5.41. The molecule has 0 saturated carbocycles. The molecule has 152 valence electrons. The number of hydrogen-bond acceptors (Lipinski definition) is 3. The molecule has 3 aromatic rings. The minimum atomic E-state index is -4.32. The quantitative estimate of drug-likeness (QED) is 0.619. The number of halogens is 3. The van der Waals surface area contributed by atoms with E-state index in [2.05, 4.69) is 15.0 Å². The van der Waals surface area contributed by atoms with Gasteiger partial charge in [0.15, 0.2) is 0 Å². The molecule has 2 aromatic heterocycles. The molecule has 1 saturated heterocycles. The second-order valence-electron chi connectivity index (χ2n) is 7.62. The van der Waals surface area contributed by atoms with Crippen LogP contribution in [0.4, 0.5) is 13.2 Å². The number of aryl methyl sites for hydroxylation is 1. The molecule has 29 heavy (non-hydrogen) atoms. The average Bonchev–Trinajstić information content (AvgIpc) is 3.31. The monoisotopic (exact) mass is 400 g/mol. The highest BCUT2D eigenvalue weighted by Gasteiger charge is 2.30. The Morgan fingerprint density at radius 3 is 2.62 bits per heavy atom. The van der Waals surface area contributed by atoms with Gasteiger partial charge in [-0.3, -0.25) is 14.6 Å². The Hall–Kier alpha value is -2.67. The van der Waals surface area contributed by atoms with Gasteiger partial charge in [0.25, 0.3) is 0 Å². The van der Waals surface area contributed by atoms with E-state index in [0.717, 1.165) is 43.3 Å². The van der Waals surface area contributed by atoms with Gasteiger partial charge in [0.1, 0.15) is 0 Å². The molecule has 1 fully saturated rings. The van der Waals surface area contributed by atoms with Crippen molar-refractivity contribution in [3.63, 3.8) is 0 Å². The van der Waals surface area contributed by atoms with Gasteiger partial charge in [-0.2, -0.15) is 18.3 Å². The second kappa shape index (κ2) is 7.99. The van der Waals surface area contributed by atoms with Gasteiger partial charge in [0.05, 0.1) is 23.5 Å². The van der Waals surface area contributed by atoms with Crippen molar-refractivity contribution in [1.29, 1.82) is 0 Å². The van der Waals surface area contributed by atoms with Crippen LogP contribution in [-0.4, -0.2) is 26.2 Å². The summed E-state index contributed by atoms with van der Waals surface area (Å²) in [5.41, 5.74) is 3.12. The summed E-state index contributed by atoms with van der Waals surface area (Å²) in [6.07, 6.45) is 4.00. The van der Waals surface area contributed by atoms with Crippen LogP contribution in [0.15, 0.2) is 55.0 Å². The number of alkyl halides is 3. The first-order chi connectivity index (χ1) is 13.9. The lowest BCUT2D eigenvalue weighted by Crippen LogP contribution is -2.23. The summed E-state index contributed by atoms with van der Waals surface area (Å²) in [5, 5.41) is 4.23. The third-order valence-electron chi connectivity index (χ3n) is 5.36. The fourth-order valence-corrected chi connectivity index (χ4v) is 3.97. The number of benzene rings is 1. The summed E-state index contributed by atoms with van der Waals surface area (Å²) in [6.45, 7) is 1.86. The summed E-state index contributed by atoms with van der Waals surface area (Å²) in [7, 11) is 1.91. The molecule has 1 aliphatic rings. The Balaban J connectivity index is 1.45. The van der Waals surface area contributed by atoms with Crippen LogP contribution < -0.4 is 0 Å². The molecule has 0 radical (unpaired) electrons. The number of hydrogen-bond donors (Lipinski definition) is 0. The van der Waals surface area contributed by atoms with Gasteiger partial charge in [-0.25, -0.2) is 0 Å². The predicted molar refractivity (Wildman–Crippen MR) is 104 cm³/mol. The van der Waals surface area contributed by atoms with Crippen molar-refractivity contribution in [3.05, 3.63) is 82.9 Å². The van der Waals surface area contributed by atoms with Gasteiger partial charge in [-0.1, -0.05) is 24.3 Å². The molecule has 7 heteroatoms. The summed E-state index contributed by atoms with van der Waals surface area (Å²) in [4.78, 5) is 7.05. The fraction of sp³-hybridized carbons (Fsp3) is 0.364. The maximum Gasteiger partial charge on any atom is 0.416 e. The van der Waals surface area contributed by atoms with E-state index in [1.54, 1.807) is 16.9 Å². The summed E-state index contributed by atoms with van der Waals surface area (Å²) < 4.78 is 40.5. The predicted octanol–water partition coefficient (Wildman–Crippen LogP) is 4.76. The lowest BCUT2D eigenvalue weighted by molar-refractivity contribution is -0.137. The van der Waals surface area contributed by atoms with Crippen molar-refractivity contribution in [1.82, 2.24) is 19.7 Å². The SMILES string of the molecule is Cn1cc(CN2CCCC2c2ccc(Cc3cccc(C(F)(F)F)c3)cn2)cn1. The highest BCUT2D eigenvalue weighted by atomic mass is 19.4. The fourth-order valence-electron chi connectivity index (χ4n) is 3.97. The van der Waals surface area contributed by atoms with Crippen molar-refractivity contribution in [2.75, 3.05) is 6.54 Å². The molecule has 0 aliphatic carbocycles. The smallest absolute Gasteiger partial charge is 0.290 e. The third kappa shape index (κ3) is 4.67. The van der Waals surface area contributed by atoms with Gasteiger partial charge >= 0.3 is 6.18 Å². The largest absolute Gasteiger partial charge is 0.416 e. The summed E-state index contributed by atoms with van der Waals surface area (Å²) in [6, 6.07) is 9.73. The molecule has 0 bridgehead atoms. The van der Waals surface area contributed by atoms with Gasteiger partial charge < -0.3 is 0 Å². The molecule has 1 aliphatic heterocycles. The minimum absolute atomic E-state index is 0.262. The first-order valence-electron chi connectivity index (χ1n) is 9.71. The van der Waals surface area contributed by atoms with Crippen LogP contribution in [-0.2, 0) is 26.2 Å². The van der Waals surface area contributed by atoms with E-state index in [9.17, 15) is 13.2 Å². The van der Waals surface area contributed by atoms with Gasteiger partial charge in [0, 0.05) is 31.5 Å². The van der Waals surface area contributed by atoms with E-state index in [4.69, 9.17) is 0 Å². The zero-order valence-corrected chi connectivity index (χ0v) is 16.2. The minimum Gasteiger partial charge on any atom is -0.290 e. The number of likely N-dealkylation sites (tertiary alicyclic amines) is 1. The first-order valence-corrected chi connectivity index (χ1v) is 9.71. The van der Waals surface area contributed by atoms with Crippen molar-refractivity contribution in [2.45, 2.75) is 38.0 Å². The zero-order valence-electron chi connectivity index (χ0n) is 16.2. The Bertz CT molecular complexity index is 963. The van der Waals surface area contributed by atoms with Gasteiger partial charge in [-0.15, -0.1) is 0 Å². The van der Waals surface area contributed by atoms with Crippen LogP contribution in [0.3, 0.4) is 0 Å². The highest BCUT2D eigenvalue weighted by molar-refractivity contribution is 5.30. The Morgan fingerprint density at radius 2 is 1.93 bits per heavy atom. The average molecular weight is 400 g/mol. The Morgan fingerprint density at radius 1 is 1.07 bits per heavy atom. The highest BCUT2D eigenvalue weighted by Crippen LogP contribution is 2.33. The van der Waals surface area contributed by atoms with Crippen molar-refractivity contribution < 1.29 is 13.2 Å². The second-order valence-corrected chi connectivity index (χ2v) is 7.62. The van der Waals surface area contributed by atoms with Gasteiger partial charge in [0.2, 0.25) is 0 Å². The van der Waals surface area contributed by atoms with Crippen LogP contribution in [0.2, 0.25) is 0 Å². The van der Waals surface area contributed by atoms with E-state index in [1.807, 2.05) is 31.6 Å². The lowest BCUT2D eigenvalue weighted by Gasteiger charge is -2.23. The van der Waals surface area contributed by atoms with Crippen LogP contribution in [0, 0.1) is 0 Å². The van der Waals surface area contributed by atoms with E-state index >= 15 is 0 Å². The van der Waals surface area contributed by atoms with E-state index in [-0.39, 0.29) is 6.04 Å². The van der Waals surface area contributed by atoms with Gasteiger partial charge in [-0.05, 0) is 49.1 Å². The van der Waals surface area contributed by atoms with Crippen molar-refractivity contribution in [2.24, 2.45) is 7.05 Å². The molecule has 1 unspecified atom stereocenters. The Labute approximate surface area is 168 Å². The maximum atomic E-state index is 12.9. The zero-order chi connectivity index (χ0) is 20.4. The maximum absolute atomic E-state index is 12.9. The number of rotatable bonds is 5. The summed E-state index contributed by atoms with van der Waals surface area (Å²) in [5.74, 6) is 0. The first kappa shape index (κ1) is 19.6. The van der Waals surface area contributed by atoms with Crippen LogP contribution in [0.1, 0.15) is 46.8 Å². The van der Waals surface area contributed by atoms with Crippen LogP contribution >= 0.6 is 0 Å². The van der Waals surface area contributed by atoms with Crippen LogP contribution in [0.5, 0.6) is 0 Å².